The number of carbonyl (C=O) groups excluding carboxylic acids is 2. The highest BCUT2D eigenvalue weighted by molar-refractivity contribution is 5.89. The monoisotopic (exact) mass is 318 g/mol. The Labute approximate surface area is 137 Å². The molecule has 0 aliphatic heterocycles. The first-order valence-corrected chi connectivity index (χ1v) is 8.05. The summed E-state index contributed by atoms with van der Waals surface area (Å²) in [5.74, 6) is 0.343. The summed E-state index contributed by atoms with van der Waals surface area (Å²) in [5.41, 5.74) is 7.67. The van der Waals surface area contributed by atoms with Crippen LogP contribution >= 0.6 is 0 Å². The van der Waals surface area contributed by atoms with E-state index in [1.54, 1.807) is 14.1 Å². The number of nitrogens with two attached hydrogens (primary N) is 1. The molecule has 1 fully saturated rings. The molecule has 0 unspecified atom stereocenters. The molecule has 4 N–H and O–H groups in total. The second-order valence-corrected chi connectivity index (χ2v) is 6.36. The van der Waals surface area contributed by atoms with Crippen LogP contribution in [0.2, 0.25) is 0 Å². The second-order valence-electron chi connectivity index (χ2n) is 6.36. The van der Waals surface area contributed by atoms with Crippen molar-refractivity contribution < 1.29 is 9.59 Å². The molecule has 1 aromatic carbocycles. The SMILES string of the molecule is CN(C)C(=O)Nc1cccc(CNC(=O)C[C@@H]2CCC[C@H]2N)c1. The van der Waals surface area contributed by atoms with Crippen LogP contribution in [-0.4, -0.2) is 37.0 Å². The Morgan fingerprint density at radius 3 is 2.74 bits per heavy atom. The molecule has 0 bridgehead atoms. The largest absolute Gasteiger partial charge is 0.352 e. The first kappa shape index (κ1) is 17.3. The van der Waals surface area contributed by atoms with Crippen molar-refractivity contribution in [3.8, 4) is 0 Å². The van der Waals surface area contributed by atoms with Gasteiger partial charge in [-0.25, -0.2) is 4.79 Å². The summed E-state index contributed by atoms with van der Waals surface area (Å²) in [4.78, 5) is 25.1. The molecule has 126 valence electrons. The molecule has 0 radical (unpaired) electrons. The smallest absolute Gasteiger partial charge is 0.321 e. The molecule has 1 aromatic rings. The number of nitrogens with zero attached hydrogens (tertiary/aromatic N) is 1. The minimum atomic E-state index is -0.179. The van der Waals surface area contributed by atoms with E-state index in [9.17, 15) is 9.59 Å². The molecule has 0 saturated heterocycles. The zero-order valence-electron chi connectivity index (χ0n) is 13.8. The van der Waals surface area contributed by atoms with E-state index in [1.807, 2.05) is 24.3 Å². The number of nitrogens with one attached hydrogen (secondary N) is 2. The quantitative estimate of drug-likeness (QED) is 0.775. The second kappa shape index (κ2) is 7.97. The van der Waals surface area contributed by atoms with Crippen molar-refractivity contribution in [2.75, 3.05) is 19.4 Å². The van der Waals surface area contributed by atoms with Gasteiger partial charge in [-0.3, -0.25) is 4.79 Å². The fourth-order valence-electron chi connectivity index (χ4n) is 2.82. The van der Waals surface area contributed by atoms with Crippen molar-refractivity contribution in [1.29, 1.82) is 0 Å². The summed E-state index contributed by atoms with van der Waals surface area (Å²) in [6.07, 6.45) is 3.68. The molecule has 1 saturated carbocycles. The van der Waals surface area contributed by atoms with Gasteiger partial charge in [0.05, 0.1) is 0 Å². The van der Waals surface area contributed by atoms with Crippen molar-refractivity contribution in [3.05, 3.63) is 29.8 Å². The molecule has 2 rings (SSSR count). The van der Waals surface area contributed by atoms with Crippen LogP contribution in [0.25, 0.3) is 0 Å². The Balaban J connectivity index is 1.83. The average Bonchev–Trinajstić information content (AvgIpc) is 2.90. The van der Waals surface area contributed by atoms with E-state index in [0.29, 0.717) is 24.6 Å². The van der Waals surface area contributed by atoms with Crippen molar-refractivity contribution in [2.24, 2.45) is 11.7 Å². The number of hydrogen-bond acceptors (Lipinski definition) is 3. The van der Waals surface area contributed by atoms with Gasteiger partial charge < -0.3 is 21.3 Å². The molecule has 1 aliphatic rings. The van der Waals surface area contributed by atoms with E-state index in [-0.39, 0.29) is 18.0 Å². The van der Waals surface area contributed by atoms with Crippen LogP contribution in [0.4, 0.5) is 10.5 Å². The van der Waals surface area contributed by atoms with Gasteiger partial charge in [-0.05, 0) is 36.5 Å². The lowest BCUT2D eigenvalue weighted by molar-refractivity contribution is -0.122. The van der Waals surface area contributed by atoms with Crippen LogP contribution in [0, 0.1) is 5.92 Å². The third-order valence-electron chi connectivity index (χ3n) is 4.24. The fraction of sp³-hybridized carbons (Fsp3) is 0.529. The molecular formula is C17H26N4O2. The Morgan fingerprint density at radius 2 is 2.09 bits per heavy atom. The summed E-state index contributed by atoms with van der Waals surface area (Å²) in [6, 6.07) is 7.45. The number of benzene rings is 1. The maximum absolute atomic E-state index is 12.0. The van der Waals surface area contributed by atoms with E-state index in [1.165, 1.54) is 4.90 Å². The molecule has 0 heterocycles. The molecule has 0 aromatic heterocycles. The first-order valence-electron chi connectivity index (χ1n) is 8.05. The number of amides is 3. The van der Waals surface area contributed by atoms with Gasteiger partial charge in [0.15, 0.2) is 0 Å². The minimum Gasteiger partial charge on any atom is -0.352 e. The van der Waals surface area contributed by atoms with E-state index < -0.39 is 0 Å². The maximum Gasteiger partial charge on any atom is 0.321 e. The molecule has 6 heteroatoms. The lowest BCUT2D eigenvalue weighted by atomic mass is 10.00. The number of anilines is 1. The van der Waals surface area contributed by atoms with Gasteiger partial charge in [-0.2, -0.15) is 0 Å². The molecule has 6 nitrogen and oxygen atoms in total. The lowest BCUT2D eigenvalue weighted by Crippen LogP contribution is -2.31. The average molecular weight is 318 g/mol. The van der Waals surface area contributed by atoms with Crippen molar-refractivity contribution in [2.45, 2.75) is 38.3 Å². The highest BCUT2D eigenvalue weighted by Gasteiger charge is 2.25. The fourth-order valence-corrected chi connectivity index (χ4v) is 2.82. The normalized spacial score (nSPS) is 20.1. The Bertz CT molecular complexity index is 559. The van der Waals surface area contributed by atoms with Crippen LogP contribution in [-0.2, 0) is 11.3 Å². The summed E-state index contributed by atoms with van der Waals surface area (Å²) in [7, 11) is 3.38. The standard InChI is InChI=1S/C17H26N4O2/c1-21(2)17(23)20-14-7-3-5-12(9-14)11-19-16(22)10-13-6-4-8-15(13)18/h3,5,7,9,13,15H,4,6,8,10-11,18H2,1-2H3,(H,19,22)(H,20,23)/t13-,15+/m0/s1. The molecule has 2 atom stereocenters. The van der Waals surface area contributed by atoms with Crippen LogP contribution in [0.1, 0.15) is 31.2 Å². The predicted molar refractivity (Wildman–Crippen MR) is 90.9 cm³/mol. The van der Waals surface area contributed by atoms with Crippen molar-refractivity contribution in [3.63, 3.8) is 0 Å². The highest BCUT2D eigenvalue weighted by atomic mass is 16.2. The van der Waals surface area contributed by atoms with E-state index >= 15 is 0 Å². The van der Waals surface area contributed by atoms with Gasteiger partial charge in [0, 0.05) is 38.8 Å². The third kappa shape index (κ3) is 5.25. The van der Waals surface area contributed by atoms with Gasteiger partial charge >= 0.3 is 6.03 Å². The molecule has 23 heavy (non-hydrogen) atoms. The number of rotatable bonds is 5. The highest BCUT2D eigenvalue weighted by Crippen LogP contribution is 2.26. The lowest BCUT2D eigenvalue weighted by Gasteiger charge is -2.15. The van der Waals surface area contributed by atoms with E-state index in [0.717, 1.165) is 24.8 Å². The van der Waals surface area contributed by atoms with Crippen LogP contribution in [0.15, 0.2) is 24.3 Å². The Hall–Kier alpha value is -2.08. The van der Waals surface area contributed by atoms with Gasteiger partial charge in [-0.1, -0.05) is 18.6 Å². The zero-order valence-corrected chi connectivity index (χ0v) is 13.8. The molecule has 3 amide bonds. The summed E-state index contributed by atoms with van der Waals surface area (Å²) in [6.45, 7) is 0.451. The molecule has 1 aliphatic carbocycles. The van der Waals surface area contributed by atoms with E-state index in [4.69, 9.17) is 5.73 Å². The number of urea groups is 1. The third-order valence-corrected chi connectivity index (χ3v) is 4.24. The molecule has 0 spiro atoms. The topological polar surface area (TPSA) is 87.5 Å². The van der Waals surface area contributed by atoms with Crippen LogP contribution < -0.4 is 16.4 Å². The van der Waals surface area contributed by atoms with Gasteiger partial charge in [0.1, 0.15) is 0 Å². The summed E-state index contributed by atoms with van der Waals surface area (Å²) in [5, 5.41) is 5.72. The van der Waals surface area contributed by atoms with Crippen LogP contribution in [0.3, 0.4) is 0 Å². The Morgan fingerprint density at radius 1 is 1.30 bits per heavy atom. The Kier molecular flexibility index (Phi) is 5.98. The van der Waals surface area contributed by atoms with Gasteiger partial charge in [0.2, 0.25) is 5.91 Å². The summed E-state index contributed by atoms with van der Waals surface area (Å²) < 4.78 is 0. The first-order chi connectivity index (χ1) is 11.0. The zero-order chi connectivity index (χ0) is 16.8. The number of carbonyl (C=O) groups is 2. The summed E-state index contributed by atoms with van der Waals surface area (Å²) >= 11 is 0. The van der Waals surface area contributed by atoms with Crippen molar-refractivity contribution in [1.82, 2.24) is 10.2 Å². The van der Waals surface area contributed by atoms with Crippen molar-refractivity contribution >= 4 is 17.6 Å². The van der Waals surface area contributed by atoms with Gasteiger partial charge in [-0.15, -0.1) is 0 Å². The minimum absolute atomic E-state index is 0.0371. The van der Waals surface area contributed by atoms with Crippen LogP contribution in [0.5, 0.6) is 0 Å². The number of hydrogen-bond donors (Lipinski definition) is 3. The maximum atomic E-state index is 12.0. The van der Waals surface area contributed by atoms with Gasteiger partial charge in [0.25, 0.3) is 0 Å². The predicted octanol–water partition coefficient (Wildman–Crippen LogP) is 1.91. The molecular weight excluding hydrogens is 292 g/mol. The van der Waals surface area contributed by atoms with E-state index in [2.05, 4.69) is 10.6 Å².